The molecular weight excluding hydrogens is 357 g/mol. The molecular formula is C15H10BrClFN3. The van der Waals surface area contributed by atoms with Crippen LogP contribution < -0.4 is 5.73 Å². The number of halogens is 3. The summed E-state index contributed by atoms with van der Waals surface area (Å²) in [4.78, 5) is 0. The van der Waals surface area contributed by atoms with Gasteiger partial charge in [0.25, 0.3) is 0 Å². The molecule has 3 nitrogen and oxygen atoms in total. The highest BCUT2D eigenvalue weighted by molar-refractivity contribution is 9.10. The zero-order valence-corrected chi connectivity index (χ0v) is 13.0. The molecule has 0 aliphatic rings. The summed E-state index contributed by atoms with van der Waals surface area (Å²) in [5, 5.41) is 7.51. The Morgan fingerprint density at radius 2 is 1.86 bits per heavy atom. The third kappa shape index (κ3) is 2.66. The summed E-state index contributed by atoms with van der Waals surface area (Å²) in [6.07, 6.45) is 0. The first kappa shape index (κ1) is 14.1. The highest BCUT2D eigenvalue weighted by Crippen LogP contribution is 2.38. The molecule has 21 heavy (non-hydrogen) atoms. The molecule has 0 saturated heterocycles. The summed E-state index contributed by atoms with van der Waals surface area (Å²) >= 11 is 9.65. The minimum atomic E-state index is -0.302. The van der Waals surface area contributed by atoms with Crippen molar-refractivity contribution in [3.8, 4) is 22.4 Å². The number of nitrogens with two attached hydrogens (primary N) is 1. The van der Waals surface area contributed by atoms with Crippen LogP contribution in [0.15, 0.2) is 46.9 Å². The quantitative estimate of drug-likeness (QED) is 0.679. The van der Waals surface area contributed by atoms with E-state index in [2.05, 4.69) is 26.1 Å². The molecule has 0 amide bonds. The number of H-pyrrole nitrogens is 1. The number of rotatable bonds is 2. The second-order valence-corrected chi connectivity index (χ2v) is 5.81. The van der Waals surface area contributed by atoms with Crippen molar-refractivity contribution in [2.45, 2.75) is 0 Å². The first-order chi connectivity index (χ1) is 10.1. The van der Waals surface area contributed by atoms with E-state index in [1.165, 1.54) is 12.1 Å². The van der Waals surface area contributed by atoms with Gasteiger partial charge in [-0.05, 0) is 29.8 Å². The molecule has 0 unspecified atom stereocenters. The van der Waals surface area contributed by atoms with E-state index in [9.17, 15) is 4.39 Å². The minimum absolute atomic E-state index is 0.302. The standard InChI is InChI=1S/C15H10BrClFN3/c16-9-3-6-11(12(17)7-9)14-13(15(19)21-20-14)8-1-4-10(18)5-2-8/h1-7H,(H3,19,20,21). The molecule has 1 aromatic heterocycles. The van der Waals surface area contributed by atoms with Crippen molar-refractivity contribution in [1.82, 2.24) is 10.2 Å². The Morgan fingerprint density at radius 3 is 2.52 bits per heavy atom. The number of benzene rings is 2. The number of aromatic nitrogens is 2. The second kappa shape index (κ2) is 5.50. The second-order valence-electron chi connectivity index (χ2n) is 4.49. The molecule has 0 aliphatic heterocycles. The lowest BCUT2D eigenvalue weighted by Crippen LogP contribution is -1.89. The highest BCUT2D eigenvalue weighted by atomic mass is 79.9. The fourth-order valence-corrected chi connectivity index (χ4v) is 2.92. The predicted molar refractivity (Wildman–Crippen MR) is 86.5 cm³/mol. The summed E-state index contributed by atoms with van der Waals surface area (Å²) in [6, 6.07) is 11.6. The third-order valence-electron chi connectivity index (χ3n) is 3.13. The molecule has 1 heterocycles. The van der Waals surface area contributed by atoms with Crippen LogP contribution in [0.4, 0.5) is 10.2 Å². The first-order valence-electron chi connectivity index (χ1n) is 6.11. The van der Waals surface area contributed by atoms with Crippen LogP contribution in [0.25, 0.3) is 22.4 Å². The van der Waals surface area contributed by atoms with E-state index in [1.54, 1.807) is 18.2 Å². The Hall–Kier alpha value is -1.85. The summed E-state index contributed by atoms with van der Waals surface area (Å²) in [7, 11) is 0. The maximum absolute atomic E-state index is 13.1. The van der Waals surface area contributed by atoms with Gasteiger partial charge in [0.05, 0.1) is 16.3 Å². The van der Waals surface area contributed by atoms with Gasteiger partial charge >= 0.3 is 0 Å². The third-order valence-corrected chi connectivity index (χ3v) is 3.93. The highest BCUT2D eigenvalue weighted by Gasteiger charge is 2.17. The Balaban J connectivity index is 2.19. The smallest absolute Gasteiger partial charge is 0.153 e. The lowest BCUT2D eigenvalue weighted by Gasteiger charge is -2.07. The molecule has 0 radical (unpaired) electrons. The van der Waals surface area contributed by atoms with Gasteiger partial charge < -0.3 is 5.73 Å². The van der Waals surface area contributed by atoms with Crippen LogP contribution >= 0.6 is 27.5 Å². The van der Waals surface area contributed by atoms with Gasteiger partial charge in [0, 0.05) is 10.0 Å². The van der Waals surface area contributed by atoms with Crippen LogP contribution in [0, 0.1) is 5.82 Å². The number of hydrogen-bond acceptors (Lipinski definition) is 2. The number of nitrogen functional groups attached to an aromatic ring is 1. The lowest BCUT2D eigenvalue weighted by atomic mass is 10.0. The van der Waals surface area contributed by atoms with E-state index in [1.807, 2.05) is 12.1 Å². The first-order valence-corrected chi connectivity index (χ1v) is 7.28. The average molecular weight is 367 g/mol. The molecule has 3 aromatic rings. The molecule has 2 aromatic carbocycles. The van der Waals surface area contributed by atoms with E-state index in [-0.39, 0.29) is 5.82 Å². The van der Waals surface area contributed by atoms with Gasteiger partial charge in [-0.25, -0.2) is 4.39 Å². The Morgan fingerprint density at radius 1 is 1.14 bits per heavy atom. The zero-order chi connectivity index (χ0) is 15.0. The van der Waals surface area contributed by atoms with Crippen LogP contribution in [0.5, 0.6) is 0 Å². The molecule has 0 fully saturated rings. The van der Waals surface area contributed by atoms with Crippen molar-refractivity contribution in [2.75, 3.05) is 5.73 Å². The van der Waals surface area contributed by atoms with Crippen molar-refractivity contribution >= 4 is 33.3 Å². The van der Waals surface area contributed by atoms with Gasteiger partial charge in [-0.2, -0.15) is 5.10 Å². The van der Waals surface area contributed by atoms with Gasteiger partial charge in [0.15, 0.2) is 5.82 Å². The number of hydrogen-bond donors (Lipinski definition) is 2. The van der Waals surface area contributed by atoms with E-state index in [0.29, 0.717) is 22.1 Å². The fourth-order valence-electron chi connectivity index (χ4n) is 2.15. The van der Waals surface area contributed by atoms with Gasteiger partial charge in [0.2, 0.25) is 0 Å². The van der Waals surface area contributed by atoms with Crippen molar-refractivity contribution in [1.29, 1.82) is 0 Å². The van der Waals surface area contributed by atoms with E-state index >= 15 is 0 Å². The van der Waals surface area contributed by atoms with E-state index in [4.69, 9.17) is 17.3 Å². The van der Waals surface area contributed by atoms with Crippen molar-refractivity contribution < 1.29 is 4.39 Å². The van der Waals surface area contributed by atoms with Crippen LogP contribution in [-0.2, 0) is 0 Å². The molecule has 0 atom stereocenters. The summed E-state index contributed by atoms with van der Waals surface area (Å²) in [5.74, 6) is 0.0413. The molecule has 3 rings (SSSR count). The Kier molecular flexibility index (Phi) is 3.69. The molecule has 106 valence electrons. The SMILES string of the molecule is Nc1n[nH]c(-c2ccc(Br)cc2Cl)c1-c1ccc(F)cc1. The molecule has 6 heteroatoms. The lowest BCUT2D eigenvalue weighted by molar-refractivity contribution is 0.628. The zero-order valence-electron chi connectivity index (χ0n) is 10.7. The monoisotopic (exact) mass is 365 g/mol. The number of nitrogens with one attached hydrogen (secondary N) is 1. The topological polar surface area (TPSA) is 54.7 Å². The number of nitrogens with zero attached hydrogens (tertiary/aromatic N) is 1. The van der Waals surface area contributed by atoms with Crippen LogP contribution in [0.2, 0.25) is 5.02 Å². The van der Waals surface area contributed by atoms with Gasteiger partial charge in [-0.1, -0.05) is 45.7 Å². The Bertz CT molecular complexity index is 799. The van der Waals surface area contributed by atoms with Crippen molar-refractivity contribution in [3.05, 3.63) is 57.8 Å². The van der Waals surface area contributed by atoms with Gasteiger partial charge in [0.1, 0.15) is 5.82 Å². The predicted octanol–water partition coefficient (Wildman–Crippen LogP) is 4.88. The summed E-state index contributed by atoms with van der Waals surface area (Å²) in [6.45, 7) is 0. The molecule has 0 saturated carbocycles. The maximum atomic E-state index is 13.1. The summed E-state index contributed by atoms with van der Waals surface area (Å²) in [5.41, 5.74) is 8.91. The van der Waals surface area contributed by atoms with Crippen LogP contribution in [0.1, 0.15) is 0 Å². The normalized spacial score (nSPS) is 10.8. The number of anilines is 1. The summed E-state index contributed by atoms with van der Waals surface area (Å²) < 4.78 is 14.0. The molecule has 0 bridgehead atoms. The molecule has 0 aliphatic carbocycles. The fraction of sp³-hybridized carbons (Fsp3) is 0. The van der Waals surface area contributed by atoms with Crippen molar-refractivity contribution in [2.24, 2.45) is 0 Å². The number of aromatic amines is 1. The van der Waals surface area contributed by atoms with Gasteiger partial charge in [-0.3, -0.25) is 5.10 Å². The van der Waals surface area contributed by atoms with Crippen LogP contribution in [-0.4, -0.2) is 10.2 Å². The average Bonchev–Trinajstić information content (AvgIpc) is 2.82. The minimum Gasteiger partial charge on any atom is -0.382 e. The maximum Gasteiger partial charge on any atom is 0.153 e. The molecule has 0 spiro atoms. The van der Waals surface area contributed by atoms with E-state index in [0.717, 1.165) is 15.6 Å². The van der Waals surface area contributed by atoms with Crippen LogP contribution in [0.3, 0.4) is 0 Å². The largest absolute Gasteiger partial charge is 0.382 e. The van der Waals surface area contributed by atoms with E-state index < -0.39 is 0 Å². The van der Waals surface area contributed by atoms with Crippen molar-refractivity contribution in [3.63, 3.8) is 0 Å². The Labute approximate surface area is 134 Å². The molecule has 3 N–H and O–H groups in total. The van der Waals surface area contributed by atoms with Gasteiger partial charge in [-0.15, -0.1) is 0 Å².